The number of anilines is 2. The molecule has 0 aromatic heterocycles. The van der Waals surface area contributed by atoms with E-state index in [1.807, 2.05) is 47.4 Å². The molecule has 3 aromatic carbocycles. The van der Waals surface area contributed by atoms with Crippen molar-refractivity contribution in [2.75, 3.05) is 16.4 Å². The van der Waals surface area contributed by atoms with Crippen LogP contribution in [-0.4, -0.2) is 28.4 Å². The van der Waals surface area contributed by atoms with E-state index in [2.05, 4.69) is 10.6 Å². The van der Waals surface area contributed by atoms with Gasteiger partial charge in [0.25, 0.3) is 5.91 Å². The molecule has 162 valence electrons. The van der Waals surface area contributed by atoms with Gasteiger partial charge in [0.1, 0.15) is 5.37 Å². The minimum absolute atomic E-state index is 0.0684. The average Bonchev–Trinajstić information content (AvgIpc) is 3.15. The number of nitrogens with zero attached hydrogens (tertiary/aromatic N) is 1. The number of carbonyl (C=O) groups excluding carboxylic acids is 3. The zero-order valence-electron chi connectivity index (χ0n) is 17.6. The van der Waals surface area contributed by atoms with E-state index in [0.717, 1.165) is 11.1 Å². The molecule has 0 saturated carbocycles. The zero-order chi connectivity index (χ0) is 22.5. The summed E-state index contributed by atoms with van der Waals surface area (Å²) >= 11 is 1.60. The van der Waals surface area contributed by atoms with E-state index < -0.39 is 0 Å². The van der Waals surface area contributed by atoms with Gasteiger partial charge in [-0.1, -0.05) is 42.5 Å². The molecule has 0 unspecified atom stereocenters. The van der Waals surface area contributed by atoms with E-state index in [1.54, 1.807) is 48.2 Å². The lowest BCUT2D eigenvalue weighted by Gasteiger charge is -2.24. The second-order valence-electron chi connectivity index (χ2n) is 7.51. The van der Waals surface area contributed by atoms with Crippen molar-refractivity contribution in [1.29, 1.82) is 0 Å². The summed E-state index contributed by atoms with van der Waals surface area (Å²) in [6, 6.07) is 24.2. The predicted octanol–water partition coefficient (Wildman–Crippen LogP) is 4.67. The van der Waals surface area contributed by atoms with E-state index in [-0.39, 0.29) is 23.1 Å². The number of rotatable bonds is 6. The van der Waals surface area contributed by atoms with Gasteiger partial charge in [-0.15, -0.1) is 11.8 Å². The van der Waals surface area contributed by atoms with Crippen molar-refractivity contribution in [3.8, 4) is 0 Å². The first-order valence-corrected chi connectivity index (χ1v) is 11.3. The van der Waals surface area contributed by atoms with Crippen LogP contribution in [0.5, 0.6) is 0 Å². The lowest BCUT2D eigenvalue weighted by Crippen LogP contribution is -2.27. The Morgan fingerprint density at radius 1 is 0.906 bits per heavy atom. The van der Waals surface area contributed by atoms with Crippen LogP contribution < -0.4 is 10.6 Å². The standard InChI is InChI=1S/C25H23N3O3S/c1-17(29)26-21-11-13-22(14-12-21)27-24(31)19-7-9-20(10-8-19)25-28(23(30)16-32-25)15-18-5-3-2-4-6-18/h2-14,25H,15-16H2,1H3,(H,26,29)(H,27,31)/t25-/m0/s1. The Morgan fingerprint density at radius 2 is 1.53 bits per heavy atom. The van der Waals surface area contributed by atoms with Gasteiger partial charge in [-0.3, -0.25) is 14.4 Å². The Hall–Kier alpha value is -3.58. The van der Waals surface area contributed by atoms with Gasteiger partial charge in [0.15, 0.2) is 0 Å². The minimum atomic E-state index is -0.222. The summed E-state index contributed by atoms with van der Waals surface area (Å²) < 4.78 is 0. The van der Waals surface area contributed by atoms with E-state index >= 15 is 0 Å². The molecule has 2 N–H and O–H groups in total. The lowest BCUT2D eigenvalue weighted by molar-refractivity contribution is -0.128. The van der Waals surface area contributed by atoms with Gasteiger partial charge >= 0.3 is 0 Å². The summed E-state index contributed by atoms with van der Waals surface area (Å²) in [5.41, 5.74) is 3.92. The first kappa shape index (κ1) is 21.6. The van der Waals surface area contributed by atoms with Crippen LogP contribution in [-0.2, 0) is 16.1 Å². The van der Waals surface area contributed by atoms with Gasteiger partial charge in [0.05, 0.1) is 5.75 Å². The Morgan fingerprint density at radius 3 is 2.16 bits per heavy atom. The van der Waals surface area contributed by atoms with E-state index in [4.69, 9.17) is 0 Å². The van der Waals surface area contributed by atoms with Gasteiger partial charge in [0.2, 0.25) is 11.8 Å². The topological polar surface area (TPSA) is 78.5 Å². The van der Waals surface area contributed by atoms with Crippen LogP contribution in [0, 0.1) is 0 Å². The molecule has 7 heteroatoms. The van der Waals surface area contributed by atoms with Crippen LogP contribution in [0.2, 0.25) is 0 Å². The maximum absolute atomic E-state index is 12.6. The molecule has 1 fully saturated rings. The third-order valence-electron chi connectivity index (χ3n) is 5.09. The highest BCUT2D eigenvalue weighted by molar-refractivity contribution is 8.00. The molecule has 0 bridgehead atoms. The molecule has 3 amide bonds. The Balaban J connectivity index is 1.42. The fourth-order valence-electron chi connectivity index (χ4n) is 3.52. The third kappa shape index (κ3) is 5.18. The molecule has 32 heavy (non-hydrogen) atoms. The summed E-state index contributed by atoms with van der Waals surface area (Å²) in [6.07, 6.45) is 0. The molecular weight excluding hydrogens is 422 g/mol. The maximum atomic E-state index is 12.6. The number of hydrogen-bond acceptors (Lipinski definition) is 4. The predicted molar refractivity (Wildman–Crippen MR) is 127 cm³/mol. The number of carbonyl (C=O) groups is 3. The smallest absolute Gasteiger partial charge is 0.255 e. The fourth-order valence-corrected chi connectivity index (χ4v) is 4.71. The number of hydrogen-bond donors (Lipinski definition) is 2. The number of nitrogens with one attached hydrogen (secondary N) is 2. The Kier molecular flexibility index (Phi) is 6.56. The second-order valence-corrected chi connectivity index (χ2v) is 8.57. The van der Waals surface area contributed by atoms with Crippen LogP contribution in [0.1, 0.15) is 33.8 Å². The summed E-state index contributed by atoms with van der Waals surface area (Å²) in [4.78, 5) is 38.0. The molecule has 6 nitrogen and oxygen atoms in total. The molecule has 1 saturated heterocycles. The maximum Gasteiger partial charge on any atom is 0.255 e. The quantitative estimate of drug-likeness (QED) is 0.578. The van der Waals surface area contributed by atoms with Crippen LogP contribution in [0.25, 0.3) is 0 Å². The number of amides is 3. The van der Waals surface area contributed by atoms with Gasteiger partial charge in [0, 0.05) is 30.4 Å². The van der Waals surface area contributed by atoms with Crippen LogP contribution in [0.3, 0.4) is 0 Å². The summed E-state index contributed by atoms with van der Waals surface area (Å²) in [5, 5.41) is 5.48. The van der Waals surface area contributed by atoms with Crippen molar-refractivity contribution in [3.05, 3.63) is 95.6 Å². The van der Waals surface area contributed by atoms with Crippen molar-refractivity contribution < 1.29 is 14.4 Å². The van der Waals surface area contributed by atoms with E-state index in [0.29, 0.717) is 29.2 Å². The first-order valence-electron chi connectivity index (χ1n) is 10.2. The largest absolute Gasteiger partial charge is 0.326 e. The molecule has 3 aromatic rings. The molecule has 4 rings (SSSR count). The first-order chi connectivity index (χ1) is 15.5. The molecule has 0 spiro atoms. The minimum Gasteiger partial charge on any atom is -0.326 e. The van der Waals surface area contributed by atoms with Gasteiger partial charge < -0.3 is 15.5 Å². The van der Waals surface area contributed by atoms with Crippen LogP contribution in [0.15, 0.2) is 78.9 Å². The van der Waals surface area contributed by atoms with Gasteiger partial charge in [-0.05, 0) is 47.5 Å². The van der Waals surface area contributed by atoms with Gasteiger partial charge in [-0.25, -0.2) is 0 Å². The number of benzene rings is 3. The van der Waals surface area contributed by atoms with Crippen molar-refractivity contribution in [1.82, 2.24) is 4.90 Å². The third-order valence-corrected chi connectivity index (χ3v) is 6.34. The van der Waals surface area contributed by atoms with Crippen LogP contribution >= 0.6 is 11.8 Å². The lowest BCUT2D eigenvalue weighted by atomic mass is 10.1. The van der Waals surface area contributed by atoms with Crippen molar-refractivity contribution in [3.63, 3.8) is 0 Å². The molecule has 1 aliphatic heterocycles. The monoisotopic (exact) mass is 445 g/mol. The molecule has 1 atom stereocenters. The SMILES string of the molecule is CC(=O)Nc1ccc(NC(=O)c2ccc([C@@H]3SCC(=O)N3Cc3ccccc3)cc2)cc1. The van der Waals surface area contributed by atoms with Crippen molar-refractivity contribution in [2.45, 2.75) is 18.8 Å². The van der Waals surface area contributed by atoms with Crippen molar-refractivity contribution >= 4 is 40.9 Å². The van der Waals surface area contributed by atoms with E-state index in [1.165, 1.54) is 6.92 Å². The summed E-state index contributed by atoms with van der Waals surface area (Å²) in [6.45, 7) is 2.01. The summed E-state index contributed by atoms with van der Waals surface area (Å²) in [7, 11) is 0. The van der Waals surface area contributed by atoms with Crippen LogP contribution in [0.4, 0.5) is 11.4 Å². The molecule has 1 aliphatic rings. The highest BCUT2D eigenvalue weighted by Gasteiger charge is 2.32. The average molecular weight is 446 g/mol. The molecule has 0 radical (unpaired) electrons. The normalized spacial score (nSPS) is 15.5. The van der Waals surface area contributed by atoms with E-state index in [9.17, 15) is 14.4 Å². The van der Waals surface area contributed by atoms with Crippen molar-refractivity contribution in [2.24, 2.45) is 0 Å². The van der Waals surface area contributed by atoms with Gasteiger partial charge in [-0.2, -0.15) is 0 Å². The molecule has 1 heterocycles. The zero-order valence-corrected chi connectivity index (χ0v) is 18.4. The fraction of sp³-hybridized carbons (Fsp3) is 0.160. The molecular formula is C25H23N3O3S. The highest BCUT2D eigenvalue weighted by atomic mass is 32.2. The molecule has 0 aliphatic carbocycles. The highest BCUT2D eigenvalue weighted by Crippen LogP contribution is 2.39. The Labute approximate surface area is 191 Å². The second kappa shape index (κ2) is 9.70. The summed E-state index contributed by atoms with van der Waals surface area (Å²) in [5.74, 6) is 0.202. The Bertz CT molecular complexity index is 1120. The number of thioether (sulfide) groups is 1.